The van der Waals surface area contributed by atoms with Crippen molar-refractivity contribution in [1.29, 1.82) is 0 Å². The fraction of sp³-hybridized carbons (Fsp3) is 0.600. The second kappa shape index (κ2) is 9.44. The van der Waals surface area contributed by atoms with Crippen LogP contribution in [-0.2, 0) is 23.9 Å². The van der Waals surface area contributed by atoms with Crippen LogP contribution in [0.25, 0.3) is 5.57 Å². The molecule has 8 heteroatoms. The molecule has 4 rings (SSSR count). The van der Waals surface area contributed by atoms with Crippen LogP contribution in [0.15, 0.2) is 17.9 Å². The number of hydroxylamine groups is 4. The van der Waals surface area contributed by atoms with E-state index in [2.05, 4.69) is 0 Å². The molecular formula is C25H34N2O6. The van der Waals surface area contributed by atoms with Crippen molar-refractivity contribution in [3.8, 4) is 0 Å². The van der Waals surface area contributed by atoms with Crippen LogP contribution < -0.4 is 0 Å². The first-order valence-corrected chi connectivity index (χ1v) is 11.8. The smallest absolute Gasteiger partial charge is 0.434 e. The van der Waals surface area contributed by atoms with Crippen molar-refractivity contribution in [3.63, 3.8) is 0 Å². The summed E-state index contributed by atoms with van der Waals surface area (Å²) in [7, 11) is 1.64. The number of carbonyl (C=O) groups is 2. The van der Waals surface area contributed by atoms with Crippen molar-refractivity contribution in [2.45, 2.75) is 71.4 Å². The Morgan fingerprint density at radius 3 is 2.27 bits per heavy atom. The van der Waals surface area contributed by atoms with Crippen LogP contribution in [0.2, 0.25) is 0 Å². The predicted octanol–water partition coefficient (Wildman–Crippen LogP) is 4.22. The van der Waals surface area contributed by atoms with E-state index in [1.807, 2.05) is 38.0 Å². The minimum absolute atomic E-state index is 0.00492. The Balaban J connectivity index is 1.87. The minimum Gasteiger partial charge on any atom is -0.434 e. The standard InChI is InChI=1S/C25H34N2O6/c1-6-31-24(29)32-22-21(20-17(3)14-16(2)15-18(20)4)23(28)27(33-19-8-7-9-19)25(22)10-12-26(30-5)13-11-25/h14-15,19H,6-13H2,1-5H3. The third-order valence-electron chi connectivity index (χ3n) is 6.93. The topological polar surface area (TPSA) is 77.5 Å². The molecule has 0 unspecified atom stereocenters. The molecule has 0 atom stereocenters. The Labute approximate surface area is 195 Å². The molecule has 1 aromatic carbocycles. The Hall–Kier alpha value is -2.42. The molecule has 1 amide bonds. The van der Waals surface area contributed by atoms with Gasteiger partial charge in [0.1, 0.15) is 5.54 Å². The highest BCUT2D eigenvalue weighted by Crippen LogP contribution is 2.49. The molecule has 1 saturated carbocycles. The van der Waals surface area contributed by atoms with E-state index < -0.39 is 11.7 Å². The van der Waals surface area contributed by atoms with Crippen LogP contribution in [0.3, 0.4) is 0 Å². The number of carbonyl (C=O) groups excluding carboxylic acids is 2. The molecule has 180 valence electrons. The molecule has 2 heterocycles. The largest absolute Gasteiger partial charge is 0.513 e. The molecule has 1 spiro atoms. The van der Waals surface area contributed by atoms with Crippen molar-refractivity contribution >= 4 is 17.6 Å². The third kappa shape index (κ3) is 4.27. The van der Waals surface area contributed by atoms with E-state index in [0.29, 0.717) is 37.3 Å². The molecule has 33 heavy (non-hydrogen) atoms. The van der Waals surface area contributed by atoms with E-state index in [-0.39, 0.29) is 18.6 Å². The third-order valence-corrected chi connectivity index (χ3v) is 6.93. The van der Waals surface area contributed by atoms with Crippen molar-refractivity contribution in [3.05, 3.63) is 40.1 Å². The number of nitrogens with zero attached hydrogens (tertiary/aromatic N) is 2. The van der Waals surface area contributed by atoms with Gasteiger partial charge < -0.3 is 14.3 Å². The fourth-order valence-corrected chi connectivity index (χ4v) is 5.13. The molecular weight excluding hydrogens is 424 g/mol. The average Bonchev–Trinajstić information content (AvgIpc) is 2.93. The van der Waals surface area contributed by atoms with Gasteiger partial charge in [-0.2, -0.15) is 5.06 Å². The summed E-state index contributed by atoms with van der Waals surface area (Å²) in [5.74, 6) is 0.0678. The molecule has 1 saturated heterocycles. The number of benzene rings is 1. The number of ether oxygens (including phenoxy) is 2. The first-order valence-electron chi connectivity index (χ1n) is 11.8. The molecule has 3 aliphatic rings. The average molecular weight is 459 g/mol. The normalized spacial score (nSPS) is 21.0. The number of amides is 1. The Morgan fingerprint density at radius 2 is 1.76 bits per heavy atom. The highest BCUT2D eigenvalue weighted by atomic mass is 16.7. The van der Waals surface area contributed by atoms with Crippen LogP contribution in [0.4, 0.5) is 4.79 Å². The summed E-state index contributed by atoms with van der Waals surface area (Å²) >= 11 is 0. The van der Waals surface area contributed by atoms with E-state index in [0.717, 1.165) is 41.5 Å². The van der Waals surface area contributed by atoms with Gasteiger partial charge in [-0.05, 0) is 76.5 Å². The van der Waals surface area contributed by atoms with Crippen LogP contribution in [0.5, 0.6) is 0 Å². The lowest BCUT2D eigenvalue weighted by Gasteiger charge is -2.45. The molecule has 1 aliphatic carbocycles. The fourth-order valence-electron chi connectivity index (χ4n) is 5.13. The van der Waals surface area contributed by atoms with Crippen molar-refractivity contribution in [2.24, 2.45) is 0 Å². The first kappa shape index (κ1) is 23.7. The summed E-state index contributed by atoms with van der Waals surface area (Å²) in [4.78, 5) is 38.3. The van der Waals surface area contributed by atoms with E-state index in [4.69, 9.17) is 19.1 Å². The lowest BCUT2D eigenvalue weighted by molar-refractivity contribution is -0.261. The van der Waals surface area contributed by atoms with Crippen LogP contribution >= 0.6 is 0 Å². The van der Waals surface area contributed by atoms with Crippen LogP contribution in [0, 0.1) is 20.8 Å². The zero-order valence-electron chi connectivity index (χ0n) is 20.2. The summed E-state index contributed by atoms with van der Waals surface area (Å²) in [6, 6.07) is 4.08. The number of hydrogen-bond donors (Lipinski definition) is 0. The van der Waals surface area contributed by atoms with Crippen molar-refractivity contribution in [1.82, 2.24) is 10.1 Å². The molecule has 2 fully saturated rings. The van der Waals surface area contributed by atoms with Crippen molar-refractivity contribution < 1.29 is 28.7 Å². The summed E-state index contributed by atoms with van der Waals surface area (Å²) in [5, 5.41) is 3.35. The number of piperidine rings is 1. The predicted molar refractivity (Wildman–Crippen MR) is 122 cm³/mol. The lowest BCUT2D eigenvalue weighted by Crippen LogP contribution is -2.56. The maximum atomic E-state index is 14.0. The molecule has 2 aliphatic heterocycles. The number of hydrogen-bond acceptors (Lipinski definition) is 7. The molecule has 0 aromatic heterocycles. The highest BCUT2D eigenvalue weighted by Gasteiger charge is 2.58. The molecule has 1 aromatic rings. The van der Waals surface area contributed by atoms with Crippen LogP contribution in [0.1, 0.15) is 61.3 Å². The molecule has 0 N–H and O–H groups in total. The first-order chi connectivity index (χ1) is 15.8. The quantitative estimate of drug-likeness (QED) is 0.591. The number of rotatable bonds is 6. The van der Waals surface area contributed by atoms with Gasteiger partial charge >= 0.3 is 6.16 Å². The summed E-state index contributed by atoms with van der Waals surface area (Å²) in [6.45, 7) is 9.04. The van der Waals surface area contributed by atoms with E-state index in [9.17, 15) is 9.59 Å². The zero-order valence-corrected chi connectivity index (χ0v) is 20.2. The SMILES string of the molecule is CCOC(=O)OC1=C(c2c(C)cc(C)cc2C)C(=O)N(OC2CCC2)C12CCN(OC)CC2. The van der Waals surface area contributed by atoms with Gasteiger partial charge in [-0.3, -0.25) is 9.63 Å². The molecule has 0 radical (unpaired) electrons. The van der Waals surface area contributed by atoms with Gasteiger partial charge in [-0.15, -0.1) is 0 Å². The maximum Gasteiger partial charge on any atom is 0.513 e. The van der Waals surface area contributed by atoms with Gasteiger partial charge in [0, 0.05) is 13.1 Å². The Bertz CT molecular complexity index is 937. The lowest BCUT2D eigenvalue weighted by atomic mass is 9.84. The van der Waals surface area contributed by atoms with Crippen molar-refractivity contribution in [2.75, 3.05) is 26.8 Å². The van der Waals surface area contributed by atoms with Gasteiger partial charge in [-0.1, -0.05) is 17.7 Å². The maximum absolute atomic E-state index is 14.0. The number of aryl methyl sites for hydroxylation is 3. The van der Waals surface area contributed by atoms with Gasteiger partial charge in [0.2, 0.25) is 0 Å². The summed E-state index contributed by atoms with van der Waals surface area (Å²) in [6.07, 6.45) is 3.13. The minimum atomic E-state index is -0.895. The second-order valence-electron chi connectivity index (χ2n) is 9.16. The summed E-state index contributed by atoms with van der Waals surface area (Å²) in [5.41, 5.74) is 3.31. The van der Waals surface area contributed by atoms with Gasteiger partial charge in [0.15, 0.2) is 5.76 Å². The second-order valence-corrected chi connectivity index (χ2v) is 9.16. The van der Waals surface area contributed by atoms with Gasteiger partial charge in [0.05, 0.1) is 25.4 Å². The van der Waals surface area contributed by atoms with E-state index >= 15 is 0 Å². The Morgan fingerprint density at radius 1 is 1.12 bits per heavy atom. The van der Waals surface area contributed by atoms with Gasteiger partial charge in [-0.25, -0.2) is 9.86 Å². The van der Waals surface area contributed by atoms with Crippen LogP contribution in [-0.4, -0.2) is 60.6 Å². The van der Waals surface area contributed by atoms with Gasteiger partial charge in [0.25, 0.3) is 5.91 Å². The van der Waals surface area contributed by atoms with E-state index in [1.54, 1.807) is 14.0 Å². The summed E-state index contributed by atoms with van der Waals surface area (Å²) < 4.78 is 11.0. The molecule has 8 nitrogen and oxygen atoms in total. The Kier molecular flexibility index (Phi) is 6.79. The molecule has 0 bridgehead atoms. The van der Waals surface area contributed by atoms with E-state index in [1.165, 1.54) is 5.06 Å². The monoisotopic (exact) mass is 458 g/mol. The zero-order chi connectivity index (χ0) is 23.8. The highest BCUT2D eigenvalue weighted by molar-refractivity contribution is 6.23.